The maximum Gasteiger partial charge on any atom is 0.243 e. The number of hydrogen-bond acceptors (Lipinski definition) is 5. The Labute approximate surface area is 118 Å². The molecule has 0 fully saturated rings. The van der Waals surface area contributed by atoms with Gasteiger partial charge in [-0.2, -0.15) is 4.98 Å². The smallest absolute Gasteiger partial charge is 0.243 e. The Morgan fingerprint density at radius 1 is 1.40 bits per heavy atom. The van der Waals surface area contributed by atoms with Crippen molar-refractivity contribution in [1.82, 2.24) is 15.5 Å². The van der Waals surface area contributed by atoms with Crippen LogP contribution in [0.25, 0.3) is 0 Å². The molecule has 0 amide bonds. The van der Waals surface area contributed by atoms with Crippen LogP contribution >= 0.6 is 0 Å². The summed E-state index contributed by atoms with van der Waals surface area (Å²) in [6.45, 7) is 5.68. The van der Waals surface area contributed by atoms with Gasteiger partial charge >= 0.3 is 0 Å². The molecular formula is C15H19N3O2. The second-order valence-electron chi connectivity index (χ2n) is 5.07. The second-order valence-corrected chi connectivity index (χ2v) is 5.07. The normalized spacial score (nSPS) is 18.6. The minimum Gasteiger partial charge on any atom is -0.492 e. The van der Waals surface area contributed by atoms with Crippen LogP contribution in [0.1, 0.15) is 49.5 Å². The Balaban J connectivity index is 1.78. The van der Waals surface area contributed by atoms with E-state index in [1.807, 2.05) is 25.1 Å². The zero-order valence-corrected chi connectivity index (χ0v) is 11.8. The van der Waals surface area contributed by atoms with E-state index in [0.717, 1.165) is 24.3 Å². The highest BCUT2D eigenvalue weighted by Gasteiger charge is 2.29. The topological polar surface area (TPSA) is 60.2 Å². The molecule has 1 aliphatic rings. The van der Waals surface area contributed by atoms with Crippen LogP contribution in [0.2, 0.25) is 0 Å². The van der Waals surface area contributed by atoms with Crippen LogP contribution in [0.15, 0.2) is 28.8 Å². The third-order valence-electron chi connectivity index (χ3n) is 3.54. The third-order valence-corrected chi connectivity index (χ3v) is 3.54. The SMILES string of the molecule is CCCNC(C)c1nc(C2COc3ccccc32)no1. The van der Waals surface area contributed by atoms with Crippen molar-refractivity contribution in [2.75, 3.05) is 13.2 Å². The predicted octanol–water partition coefficient (Wildman–Crippen LogP) is 2.65. The summed E-state index contributed by atoms with van der Waals surface area (Å²) in [6.07, 6.45) is 1.08. The second kappa shape index (κ2) is 5.63. The lowest BCUT2D eigenvalue weighted by Crippen LogP contribution is -2.19. The van der Waals surface area contributed by atoms with Crippen LogP contribution in [-0.2, 0) is 0 Å². The summed E-state index contributed by atoms with van der Waals surface area (Å²) in [5.74, 6) is 2.33. The van der Waals surface area contributed by atoms with E-state index < -0.39 is 0 Å². The fourth-order valence-corrected chi connectivity index (χ4v) is 2.39. The predicted molar refractivity (Wildman–Crippen MR) is 74.8 cm³/mol. The van der Waals surface area contributed by atoms with Gasteiger partial charge in [0.1, 0.15) is 12.4 Å². The number of para-hydroxylation sites is 1. The van der Waals surface area contributed by atoms with Gasteiger partial charge in [0, 0.05) is 5.56 Å². The molecule has 1 N–H and O–H groups in total. The standard InChI is InChI=1S/C15H19N3O2/c1-3-8-16-10(2)15-17-14(18-20-15)12-9-19-13-7-5-4-6-11(12)13/h4-7,10,12,16H,3,8-9H2,1-2H3. The van der Waals surface area contributed by atoms with Gasteiger partial charge in [0.2, 0.25) is 5.89 Å². The van der Waals surface area contributed by atoms with Gasteiger partial charge in [-0.1, -0.05) is 30.3 Å². The van der Waals surface area contributed by atoms with Crippen molar-refractivity contribution in [1.29, 1.82) is 0 Å². The molecule has 0 saturated carbocycles. The first-order valence-corrected chi connectivity index (χ1v) is 7.08. The molecule has 106 valence electrons. The van der Waals surface area contributed by atoms with Crippen molar-refractivity contribution < 1.29 is 9.26 Å². The van der Waals surface area contributed by atoms with E-state index >= 15 is 0 Å². The van der Waals surface area contributed by atoms with E-state index in [4.69, 9.17) is 9.26 Å². The van der Waals surface area contributed by atoms with Crippen molar-refractivity contribution >= 4 is 0 Å². The minimum absolute atomic E-state index is 0.0714. The lowest BCUT2D eigenvalue weighted by molar-refractivity contribution is 0.323. The van der Waals surface area contributed by atoms with Gasteiger partial charge in [0.05, 0.1) is 12.0 Å². The quantitative estimate of drug-likeness (QED) is 0.907. The summed E-state index contributed by atoms with van der Waals surface area (Å²) in [5.41, 5.74) is 1.13. The zero-order valence-electron chi connectivity index (χ0n) is 11.8. The number of fused-ring (bicyclic) bond motifs is 1. The van der Waals surface area contributed by atoms with Crippen molar-refractivity contribution in [2.45, 2.75) is 32.2 Å². The van der Waals surface area contributed by atoms with Crippen molar-refractivity contribution in [3.63, 3.8) is 0 Å². The first-order chi connectivity index (χ1) is 9.79. The van der Waals surface area contributed by atoms with Crippen LogP contribution in [0.4, 0.5) is 0 Å². The van der Waals surface area contributed by atoms with Crippen LogP contribution in [-0.4, -0.2) is 23.3 Å². The molecule has 0 bridgehead atoms. The molecule has 0 radical (unpaired) electrons. The number of nitrogens with one attached hydrogen (secondary N) is 1. The molecule has 0 saturated heterocycles. The summed E-state index contributed by atoms with van der Waals surface area (Å²) in [4.78, 5) is 4.52. The first kappa shape index (κ1) is 13.1. The van der Waals surface area contributed by atoms with Gasteiger partial charge in [0.25, 0.3) is 0 Å². The molecule has 0 spiro atoms. The summed E-state index contributed by atoms with van der Waals surface area (Å²) in [7, 11) is 0. The van der Waals surface area contributed by atoms with Gasteiger partial charge < -0.3 is 14.6 Å². The molecule has 1 aromatic carbocycles. The number of hydrogen-bond donors (Lipinski definition) is 1. The van der Waals surface area contributed by atoms with Crippen LogP contribution in [0.5, 0.6) is 5.75 Å². The van der Waals surface area contributed by atoms with Gasteiger partial charge in [-0.25, -0.2) is 0 Å². The Morgan fingerprint density at radius 3 is 3.10 bits per heavy atom. The molecule has 5 heteroatoms. The Hall–Kier alpha value is -1.88. The van der Waals surface area contributed by atoms with Gasteiger partial charge in [-0.05, 0) is 26.0 Å². The summed E-state index contributed by atoms with van der Waals surface area (Å²) < 4.78 is 11.0. The van der Waals surface area contributed by atoms with E-state index in [0.29, 0.717) is 18.3 Å². The maximum atomic E-state index is 5.66. The third kappa shape index (κ3) is 2.41. The molecule has 2 aromatic rings. The Bertz CT molecular complexity index is 582. The molecular weight excluding hydrogens is 254 g/mol. The number of benzene rings is 1. The summed E-state index contributed by atoms with van der Waals surface area (Å²) in [5, 5.41) is 7.46. The average molecular weight is 273 g/mol. The highest BCUT2D eigenvalue weighted by molar-refractivity contribution is 5.42. The van der Waals surface area contributed by atoms with Crippen molar-refractivity contribution in [3.05, 3.63) is 41.5 Å². The number of ether oxygens (including phenoxy) is 1. The Kier molecular flexibility index (Phi) is 3.69. The molecule has 2 atom stereocenters. The van der Waals surface area contributed by atoms with Crippen LogP contribution in [0, 0.1) is 0 Å². The largest absolute Gasteiger partial charge is 0.492 e. The van der Waals surface area contributed by atoms with Crippen molar-refractivity contribution in [2.24, 2.45) is 0 Å². The molecule has 20 heavy (non-hydrogen) atoms. The Morgan fingerprint density at radius 2 is 2.25 bits per heavy atom. The number of nitrogens with zero attached hydrogens (tertiary/aromatic N) is 2. The van der Waals surface area contributed by atoms with Crippen LogP contribution < -0.4 is 10.1 Å². The zero-order chi connectivity index (χ0) is 13.9. The van der Waals surface area contributed by atoms with E-state index in [2.05, 4.69) is 28.4 Å². The fraction of sp³-hybridized carbons (Fsp3) is 0.467. The highest BCUT2D eigenvalue weighted by Crippen LogP contribution is 2.36. The van der Waals surface area contributed by atoms with E-state index in [1.165, 1.54) is 0 Å². The molecule has 0 aliphatic carbocycles. The van der Waals surface area contributed by atoms with Gasteiger partial charge in [0.15, 0.2) is 5.82 Å². The summed E-state index contributed by atoms with van der Waals surface area (Å²) >= 11 is 0. The molecule has 2 heterocycles. The maximum absolute atomic E-state index is 5.66. The molecule has 1 aromatic heterocycles. The van der Waals surface area contributed by atoms with E-state index in [1.54, 1.807) is 0 Å². The molecule has 2 unspecified atom stereocenters. The molecule has 1 aliphatic heterocycles. The minimum atomic E-state index is 0.0714. The van der Waals surface area contributed by atoms with Gasteiger partial charge in [-0.15, -0.1) is 0 Å². The fourth-order valence-electron chi connectivity index (χ4n) is 2.39. The molecule has 5 nitrogen and oxygen atoms in total. The summed E-state index contributed by atoms with van der Waals surface area (Å²) in [6, 6.07) is 8.09. The number of aromatic nitrogens is 2. The number of rotatable bonds is 5. The van der Waals surface area contributed by atoms with Crippen LogP contribution in [0.3, 0.4) is 0 Å². The van der Waals surface area contributed by atoms with Gasteiger partial charge in [-0.3, -0.25) is 0 Å². The average Bonchev–Trinajstić information content (AvgIpc) is 3.10. The van der Waals surface area contributed by atoms with E-state index in [-0.39, 0.29) is 12.0 Å². The lowest BCUT2D eigenvalue weighted by atomic mass is 10.0. The highest BCUT2D eigenvalue weighted by atomic mass is 16.5. The lowest BCUT2D eigenvalue weighted by Gasteiger charge is -2.07. The first-order valence-electron chi connectivity index (χ1n) is 7.08. The molecule has 3 rings (SSSR count). The monoisotopic (exact) mass is 273 g/mol. The van der Waals surface area contributed by atoms with Crippen molar-refractivity contribution in [3.8, 4) is 5.75 Å². The van der Waals surface area contributed by atoms with E-state index in [9.17, 15) is 0 Å².